The molecule has 0 saturated carbocycles. The van der Waals surface area contributed by atoms with E-state index in [0.717, 1.165) is 41.9 Å². The highest BCUT2D eigenvalue weighted by Crippen LogP contribution is 2.47. The number of likely N-dealkylation sites (tertiary alicyclic amines) is 1. The van der Waals surface area contributed by atoms with Crippen LogP contribution in [0.15, 0.2) is 29.4 Å². The standard InChI is InChI=1S/C25H29N5O3/c1-25(2,3)33-24(31)30-10-7-15(8-11-30)21-18(13-26)20(19-14-27-29-23(19)28-21)17-6-4-5-16-9-12-32-22(16)17/h4-6,14-15,18,20H,7-12H2,1-3H3,(H,27,29). The normalized spacial score (nSPS) is 22.6. The molecule has 1 fully saturated rings. The number of nitrogens with one attached hydrogen (secondary N) is 1. The quantitative estimate of drug-likeness (QED) is 0.737. The second-order valence-electron chi connectivity index (χ2n) is 9.97. The van der Waals surface area contributed by atoms with Crippen LogP contribution < -0.4 is 4.74 Å². The predicted octanol–water partition coefficient (Wildman–Crippen LogP) is 4.35. The van der Waals surface area contributed by atoms with E-state index < -0.39 is 11.5 Å². The molecule has 2 unspecified atom stereocenters. The molecule has 172 valence electrons. The van der Waals surface area contributed by atoms with E-state index in [1.165, 1.54) is 5.56 Å². The first-order valence-electron chi connectivity index (χ1n) is 11.6. The number of piperidine rings is 1. The van der Waals surface area contributed by atoms with E-state index in [-0.39, 0.29) is 17.9 Å². The number of aromatic nitrogens is 2. The molecule has 1 amide bonds. The monoisotopic (exact) mass is 447 g/mol. The Labute approximate surface area is 193 Å². The molecular formula is C25H29N5O3. The molecule has 0 spiro atoms. The number of para-hydroxylation sites is 1. The Balaban J connectivity index is 1.42. The largest absolute Gasteiger partial charge is 0.493 e. The zero-order valence-corrected chi connectivity index (χ0v) is 19.3. The third-order valence-electron chi connectivity index (χ3n) is 6.66. The minimum atomic E-state index is -0.518. The zero-order chi connectivity index (χ0) is 23.2. The second kappa shape index (κ2) is 8.22. The maximum atomic E-state index is 12.5. The maximum absolute atomic E-state index is 12.5. The number of nitrogens with zero attached hydrogens (tertiary/aromatic N) is 4. The third kappa shape index (κ3) is 3.97. The fourth-order valence-corrected chi connectivity index (χ4v) is 5.16. The summed E-state index contributed by atoms with van der Waals surface area (Å²) in [4.78, 5) is 19.1. The van der Waals surface area contributed by atoms with Crippen molar-refractivity contribution in [3.05, 3.63) is 41.1 Å². The number of rotatable bonds is 2. The molecule has 8 nitrogen and oxygen atoms in total. The summed E-state index contributed by atoms with van der Waals surface area (Å²) in [6.07, 6.45) is 3.87. The van der Waals surface area contributed by atoms with E-state index >= 15 is 0 Å². The van der Waals surface area contributed by atoms with Crippen LogP contribution in [0.5, 0.6) is 5.75 Å². The average molecular weight is 448 g/mol. The number of carbonyl (C=O) groups is 1. The molecular weight excluding hydrogens is 418 g/mol. The van der Waals surface area contributed by atoms with Gasteiger partial charge in [0.25, 0.3) is 0 Å². The van der Waals surface area contributed by atoms with Gasteiger partial charge in [-0.2, -0.15) is 10.4 Å². The summed E-state index contributed by atoms with van der Waals surface area (Å²) in [7, 11) is 0. The lowest BCUT2D eigenvalue weighted by atomic mass is 9.72. The minimum Gasteiger partial charge on any atom is -0.493 e. The van der Waals surface area contributed by atoms with Gasteiger partial charge in [0.05, 0.1) is 24.8 Å². The molecule has 33 heavy (non-hydrogen) atoms. The summed E-state index contributed by atoms with van der Waals surface area (Å²) in [6.45, 7) is 7.45. The molecule has 3 aliphatic heterocycles. The van der Waals surface area contributed by atoms with Crippen molar-refractivity contribution in [2.24, 2.45) is 16.8 Å². The topological polar surface area (TPSA) is 104 Å². The third-order valence-corrected chi connectivity index (χ3v) is 6.66. The van der Waals surface area contributed by atoms with Gasteiger partial charge in [-0.3, -0.25) is 5.10 Å². The van der Waals surface area contributed by atoms with Gasteiger partial charge in [-0.05, 0) is 39.2 Å². The van der Waals surface area contributed by atoms with Crippen LogP contribution in [0.4, 0.5) is 10.6 Å². The summed E-state index contributed by atoms with van der Waals surface area (Å²) in [6, 6.07) is 8.75. The van der Waals surface area contributed by atoms with Gasteiger partial charge in [0.2, 0.25) is 0 Å². The van der Waals surface area contributed by atoms with Crippen LogP contribution in [0.3, 0.4) is 0 Å². The summed E-state index contributed by atoms with van der Waals surface area (Å²) >= 11 is 0. The fourth-order valence-electron chi connectivity index (χ4n) is 5.16. The molecule has 2 atom stereocenters. The Morgan fingerprint density at radius 3 is 2.79 bits per heavy atom. The number of nitriles is 1. The Kier molecular flexibility index (Phi) is 5.35. The fraction of sp³-hybridized carbons (Fsp3) is 0.520. The lowest BCUT2D eigenvalue weighted by Crippen LogP contribution is -2.44. The van der Waals surface area contributed by atoms with Crippen LogP contribution in [0.2, 0.25) is 0 Å². The van der Waals surface area contributed by atoms with Gasteiger partial charge >= 0.3 is 6.09 Å². The van der Waals surface area contributed by atoms with E-state index in [2.05, 4.69) is 28.4 Å². The molecule has 3 aliphatic rings. The molecule has 2 aromatic rings. The van der Waals surface area contributed by atoms with Crippen LogP contribution in [0.25, 0.3) is 0 Å². The van der Waals surface area contributed by atoms with Gasteiger partial charge < -0.3 is 14.4 Å². The first kappa shape index (κ1) is 21.5. The molecule has 1 aromatic carbocycles. The van der Waals surface area contributed by atoms with Crippen LogP contribution in [0, 0.1) is 23.2 Å². The van der Waals surface area contributed by atoms with Crippen LogP contribution in [-0.2, 0) is 11.2 Å². The number of ether oxygens (including phenoxy) is 2. The lowest BCUT2D eigenvalue weighted by molar-refractivity contribution is 0.0201. The molecule has 5 rings (SSSR count). The van der Waals surface area contributed by atoms with Crippen LogP contribution in [-0.4, -0.2) is 52.2 Å². The number of H-pyrrole nitrogens is 1. The summed E-state index contributed by atoms with van der Waals surface area (Å²) in [5, 5.41) is 17.6. The number of aromatic amines is 1. The van der Waals surface area contributed by atoms with E-state index in [1.807, 2.05) is 26.8 Å². The molecule has 4 heterocycles. The number of benzene rings is 1. The van der Waals surface area contributed by atoms with Crippen LogP contribution in [0.1, 0.15) is 56.2 Å². The molecule has 0 radical (unpaired) electrons. The molecule has 0 bridgehead atoms. The van der Waals surface area contributed by atoms with Gasteiger partial charge in [0.1, 0.15) is 11.4 Å². The highest BCUT2D eigenvalue weighted by molar-refractivity contribution is 5.96. The smallest absolute Gasteiger partial charge is 0.410 e. The minimum absolute atomic E-state index is 0.116. The van der Waals surface area contributed by atoms with E-state index in [9.17, 15) is 10.1 Å². The van der Waals surface area contributed by atoms with Crippen molar-refractivity contribution < 1.29 is 14.3 Å². The SMILES string of the molecule is CC(C)(C)OC(=O)N1CCC(C2=Nc3[nH]ncc3C(c3cccc4c3OCC4)C2C#N)CC1. The molecule has 8 heteroatoms. The first-order chi connectivity index (χ1) is 15.9. The number of carbonyl (C=O) groups excluding carboxylic acids is 1. The van der Waals surface area contributed by atoms with E-state index in [4.69, 9.17) is 14.5 Å². The Hall–Kier alpha value is -3.34. The van der Waals surface area contributed by atoms with Crippen molar-refractivity contribution in [3.63, 3.8) is 0 Å². The van der Waals surface area contributed by atoms with Crippen molar-refractivity contribution in [2.45, 2.75) is 51.6 Å². The van der Waals surface area contributed by atoms with Gasteiger partial charge in [-0.15, -0.1) is 0 Å². The molecule has 1 aromatic heterocycles. The number of hydrogen-bond acceptors (Lipinski definition) is 6. The molecule has 1 saturated heterocycles. The summed E-state index contributed by atoms with van der Waals surface area (Å²) < 4.78 is 11.5. The Bertz CT molecular complexity index is 1130. The lowest BCUT2D eigenvalue weighted by Gasteiger charge is -2.37. The Morgan fingerprint density at radius 2 is 2.06 bits per heavy atom. The van der Waals surface area contributed by atoms with Crippen molar-refractivity contribution >= 4 is 17.6 Å². The average Bonchev–Trinajstić information content (AvgIpc) is 3.46. The molecule has 1 N–H and O–H groups in total. The maximum Gasteiger partial charge on any atom is 0.410 e. The first-order valence-corrected chi connectivity index (χ1v) is 11.6. The van der Waals surface area contributed by atoms with Crippen molar-refractivity contribution in [1.82, 2.24) is 15.1 Å². The van der Waals surface area contributed by atoms with E-state index in [1.54, 1.807) is 11.1 Å². The summed E-state index contributed by atoms with van der Waals surface area (Å²) in [5.74, 6) is 1.13. The number of aliphatic imine (C=N–C) groups is 1. The highest BCUT2D eigenvalue weighted by Gasteiger charge is 2.42. The van der Waals surface area contributed by atoms with Gasteiger partial charge in [-0.1, -0.05) is 18.2 Å². The number of hydrogen-bond donors (Lipinski definition) is 1. The van der Waals surface area contributed by atoms with Gasteiger partial charge in [-0.25, -0.2) is 9.79 Å². The van der Waals surface area contributed by atoms with Crippen molar-refractivity contribution in [2.75, 3.05) is 19.7 Å². The van der Waals surface area contributed by atoms with E-state index in [0.29, 0.717) is 25.5 Å². The Morgan fingerprint density at radius 1 is 1.27 bits per heavy atom. The van der Waals surface area contributed by atoms with Crippen molar-refractivity contribution in [1.29, 1.82) is 5.26 Å². The van der Waals surface area contributed by atoms with Gasteiger partial charge in [0, 0.05) is 48.2 Å². The number of fused-ring (bicyclic) bond motifs is 2. The highest BCUT2D eigenvalue weighted by atomic mass is 16.6. The number of amides is 1. The second-order valence-corrected chi connectivity index (χ2v) is 9.97. The zero-order valence-electron chi connectivity index (χ0n) is 19.3. The van der Waals surface area contributed by atoms with Gasteiger partial charge in [0.15, 0.2) is 5.82 Å². The van der Waals surface area contributed by atoms with Crippen molar-refractivity contribution in [3.8, 4) is 11.8 Å². The summed E-state index contributed by atoms with van der Waals surface area (Å²) in [5.41, 5.74) is 3.50. The molecule has 0 aliphatic carbocycles. The predicted molar refractivity (Wildman–Crippen MR) is 123 cm³/mol. The van der Waals surface area contributed by atoms with Crippen LogP contribution >= 0.6 is 0 Å².